The van der Waals surface area contributed by atoms with E-state index in [1.165, 1.54) is 31.2 Å². The average Bonchev–Trinajstić information content (AvgIpc) is 3.42. The van der Waals surface area contributed by atoms with Crippen LogP contribution in [-0.4, -0.2) is 50.3 Å². The molecule has 5 rings (SSSR count). The largest absolute Gasteiger partial charge is 0.320 e. The number of ketones is 1. The Morgan fingerprint density at radius 1 is 1.06 bits per heavy atom. The zero-order valence-corrected chi connectivity index (χ0v) is 18.3. The Hall–Kier alpha value is -2.80. The minimum absolute atomic E-state index is 0.0746. The van der Waals surface area contributed by atoms with Gasteiger partial charge in [0.2, 0.25) is 5.95 Å². The van der Waals surface area contributed by atoms with Gasteiger partial charge in [-0.05, 0) is 69.4 Å². The summed E-state index contributed by atoms with van der Waals surface area (Å²) in [6.07, 6.45) is 10.7. The Kier molecular flexibility index (Phi) is 5.44. The Labute approximate surface area is 182 Å². The predicted octanol–water partition coefficient (Wildman–Crippen LogP) is 4.70. The maximum Gasteiger partial charge on any atom is 0.230 e. The van der Waals surface area contributed by atoms with Crippen molar-refractivity contribution < 1.29 is 4.79 Å². The standard InChI is InChI=1S/C24H30N6O/c1-16(31)21-13-19-15-26-24(28-23(19)30(21)20-5-3-4-6-20)27-22-8-7-18(14-25-22)17-9-11-29(2)12-10-17/h7-8,13-15,17,20H,3-6,9-12H2,1-2H3,(H,25,26,27,28). The number of carbonyl (C=O) groups excluding carboxylic acids is 1. The van der Waals surface area contributed by atoms with Crippen LogP contribution in [0.1, 0.15) is 73.5 Å². The van der Waals surface area contributed by atoms with Crippen LogP contribution >= 0.6 is 0 Å². The SMILES string of the molecule is CC(=O)c1cc2cnc(Nc3ccc(C4CCN(C)CC4)cn3)nc2n1C1CCCC1. The molecule has 7 nitrogen and oxygen atoms in total. The first-order chi connectivity index (χ1) is 15.1. The molecule has 31 heavy (non-hydrogen) atoms. The molecule has 1 N–H and O–H groups in total. The van der Waals surface area contributed by atoms with E-state index >= 15 is 0 Å². The summed E-state index contributed by atoms with van der Waals surface area (Å²) in [4.78, 5) is 28.5. The average molecular weight is 419 g/mol. The molecule has 0 bridgehead atoms. The summed E-state index contributed by atoms with van der Waals surface area (Å²) in [7, 11) is 2.18. The number of hydrogen-bond acceptors (Lipinski definition) is 6. The lowest BCUT2D eigenvalue weighted by Gasteiger charge is -2.29. The van der Waals surface area contributed by atoms with Gasteiger partial charge in [-0.15, -0.1) is 0 Å². The molecular weight excluding hydrogens is 388 g/mol. The van der Waals surface area contributed by atoms with Gasteiger partial charge < -0.3 is 14.8 Å². The number of piperidine rings is 1. The van der Waals surface area contributed by atoms with Crippen molar-refractivity contribution in [1.29, 1.82) is 0 Å². The van der Waals surface area contributed by atoms with Gasteiger partial charge in [-0.1, -0.05) is 18.9 Å². The maximum atomic E-state index is 12.3. The second kappa shape index (κ2) is 8.38. The lowest BCUT2D eigenvalue weighted by molar-refractivity contribution is 0.100. The molecule has 0 amide bonds. The second-order valence-electron chi connectivity index (χ2n) is 9.05. The van der Waals surface area contributed by atoms with E-state index in [2.05, 4.69) is 37.9 Å². The zero-order chi connectivity index (χ0) is 21.4. The first-order valence-electron chi connectivity index (χ1n) is 11.4. The van der Waals surface area contributed by atoms with Gasteiger partial charge in [0.15, 0.2) is 5.78 Å². The van der Waals surface area contributed by atoms with Gasteiger partial charge in [0, 0.05) is 30.7 Å². The maximum absolute atomic E-state index is 12.3. The fourth-order valence-electron chi connectivity index (χ4n) is 5.05. The summed E-state index contributed by atoms with van der Waals surface area (Å²) in [5, 5.41) is 4.16. The van der Waals surface area contributed by atoms with Gasteiger partial charge in [0.25, 0.3) is 0 Å². The van der Waals surface area contributed by atoms with E-state index in [0.717, 1.165) is 48.5 Å². The molecule has 3 aromatic rings. The monoisotopic (exact) mass is 418 g/mol. The normalized spacial score (nSPS) is 18.6. The van der Waals surface area contributed by atoms with E-state index in [-0.39, 0.29) is 5.78 Å². The third-order valence-corrected chi connectivity index (χ3v) is 6.84. The lowest BCUT2D eigenvalue weighted by Crippen LogP contribution is -2.29. The number of nitrogens with one attached hydrogen (secondary N) is 1. The Balaban J connectivity index is 1.39. The van der Waals surface area contributed by atoms with E-state index in [9.17, 15) is 4.79 Å². The number of fused-ring (bicyclic) bond motifs is 1. The number of hydrogen-bond donors (Lipinski definition) is 1. The summed E-state index contributed by atoms with van der Waals surface area (Å²) in [5.41, 5.74) is 2.86. The number of likely N-dealkylation sites (tertiary alicyclic amines) is 1. The highest BCUT2D eigenvalue weighted by molar-refractivity contribution is 5.98. The first-order valence-corrected chi connectivity index (χ1v) is 11.4. The number of Topliss-reactive ketones (excluding diaryl/α,β-unsaturated/α-hetero) is 1. The van der Waals surface area contributed by atoms with Crippen LogP contribution in [0.2, 0.25) is 0 Å². The predicted molar refractivity (Wildman–Crippen MR) is 122 cm³/mol. The molecule has 0 spiro atoms. The van der Waals surface area contributed by atoms with Crippen LogP contribution in [0, 0.1) is 0 Å². The molecule has 1 aliphatic heterocycles. The molecule has 4 heterocycles. The van der Waals surface area contributed by atoms with Crippen LogP contribution in [0.3, 0.4) is 0 Å². The third-order valence-electron chi connectivity index (χ3n) is 6.84. The molecule has 162 valence electrons. The highest BCUT2D eigenvalue weighted by atomic mass is 16.1. The quantitative estimate of drug-likeness (QED) is 0.606. The summed E-state index contributed by atoms with van der Waals surface area (Å²) < 4.78 is 2.13. The van der Waals surface area contributed by atoms with Crippen molar-refractivity contribution in [2.45, 2.75) is 57.4 Å². The smallest absolute Gasteiger partial charge is 0.230 e. The first kappa shape index (κ1) is 20.1. The van der Waals surface area contributed by atoms with Gasteiger partial charge in [-0.3, -0.25) is 4.79 Å². The van der Waals surface area contributed by atoms with Gasteiger partial charge >= 0.3 is 0 Å². The van der Waals surface area contributed by atoms with Crippen LogP contribution in [0.25, 0.3) is 11.0 Å². The summed E-state index contributed by atoms with van der Waals surface area (Å²) in [5.74, 6) is 1.91. The van der Waals surface area contributed by atoms with Gasteiger partial charge in [0.1, 0.15) is 11.5 Å². The third kappa shape index (κ3) is 4.06. The molecule has 1 saturated carbocycles. The number of rotatable bonds is 5. The molecule has 2 aliphatic rings. The number of pyridine rings is 1. The molecular formula is C24H30N6O. The van der Waals surface area contributed by atoms with Crippen molar-refractivity contribution >= 4 is 28.6 Å². The van der Waals surface area contributed by atoms with E-state index in [0.29, 0.717) is 17.9 Å². The number of carbonyl (C=O) groups is 1. The van der Waals surface area contributed by atoms with E-state index in [4.69, 9.17) is 4.98 Å². The molecule has 0 radical (unpaired) electrons. The van der Waals surface area contributed by atoms with Crippen molar-refractivity contribution in [1.82, 2.24) is 24.4 Å². The summed E-state index contributed by atoms with van der Waals surface area (Å²) in [6, 6.07) is 6.44. The Morgan fingerprint density at radius 3 is 2.52 bits per heavy atom. The molecule has 1 aliphatic carbocycles. The van der Waals surface area contributed by atoms with E-state index in [1.807, 2.05) is 18.3 Å². The van der Waals surface area contributed by atoms with Crippen molar-refractivity contribution in [3.8, 4) is 0 Å². The fourth-order valence-corrected chi connectivity index (χ4v) is 5.05. The van der Waals surface area contributed by atoms with Crippen LogP contribution in [0.4, 0.5) is 11.8 Å². The van der Waals surface area contributed by atoms with Gasteiger partial charge in [-0.25, -0.2) is 9.97 Å². The van der Waals surface area contributed by atoms with Crippen LogP contribution < -0.4 is 5.32 Å². The van der Waals surface area contributed by atoms with Crippen molar-refractivity contribution in [2.24, 2.45) is 0 Å². The number of aromatic nitrogens is 4. The summed E-state index contributed by atoms with van der Waals surface area (Å²) in [6.45, 7) is 3.91. The second-order valence-corrected chi connectivity index (χ2v) is 9.05. The van der Waals surface area contributed by atoms with Crippen molar-refractivity contribution in [2.75, 3.05) is 25.5 Å². The van der Waals surface area contributed by atoms with E-state index < -0.39 is 0 Å². The number of nitrogens with zero attached hydrogens (tertiary/aromatic N) is 5. The highest BCUT2D eigenvalue weighted by Crippen LogP contribution is 2.35. The van der Waals surface area contributed by atoms with Gasteiger partial charge in [-0.2, -0.15) is 4.98 Å². The van der Waals surface area contributed by atoms with Crippen molar-refractivity contribution in [3.63, 3.8) is 0 Å². The minimum Gasteiger partial charge on any atom is -0.320 e. The Morgan fingerprint density at radius 2 is 1.84 bits per heavy atom. The van der Waals surface area contributed by atoms with Crippen LogP contribution in [0.15, 0.2) is 30.6 Å². The lowest BCUT2D eigenvalue weighted by atomic mass is 9.91. The topological polar surface area (TPSA) is 75.9 Å². The highest BCUT2D eigenvalue weighted by Gasteiger charge is 2.24. The Bertz CT molecular complexity index is 1080. The summed E-state index contributed by atoms with van der Waals surface area (Å²) >= 11 is 0. The molecule has 7 heteroatoms. The van der Waals surface area contributed by atoms with Gasteiger partial charge in [0.05, 0.1) is 5.69 Å². The number of anilines is 2. The van der Waals surface area contributed by atoms with Crippen LogP contribution in [0.5, 0.6) is 0 Å². The fraction of sp³-hybridized carbons (Fsp3) is 0.500. The molecule has 0 atom stereocenters. The zero-order valence-electron chi connectivity index (χ0n) is 18.3. The van der Waals surface area contributed by atoms with Crippen molar-refractivity contribution in [3.05, 3.63) is 41.9 Å². The molecule has 2 fully saturated rings. The minimum atomic E-state index is 0.0746. The molecule has 0 aromatic carbocycles. The molecule has 1 saturated heterocycles. The van der Waals surface area contributed by atoms with E-state index in [1.54, 1.807) is 13.1 Å². The van der Waals surface area contributed by atoms with Crippen LogP contribution in [-0.2, 0) is 0 Å². The molecule has 0 unspecified atom stereocenters. The molecule has 3 aromatic heterocycles.